The summed E-state index contributed by atoms with van der Waals surface area (Å²) in [7, 11) is 1.67. The van der Waals surface area contributed by atoms with Crippen molar-refractivity contribution in [2.45, 2.75) is 13.8 Å². The minimum absolute atomic E-state index is 0.0290. The molecule has 0 aliphatic carbocycles. The Morgan fingerprint density at radius 2 is 2.00 bits per heavy atom. The topological polar surface area (TPSA) is 88.0 Å². The number of hydrogen-bond acceptors (Lipinski definition) is 3. The SMILES string of the molecule is CNc1c(C(N)=O)c(=O)[nH]c2ccc(C)c(C)c12. The lowest BCUT2D eigenvalue weighted by Crippen LogP contribution is -2.25. The third kappa shape index (κ3) is 1.64. The van der Waals surface area contributed by atoms with E-state index in [0.717, 1.165) is 16.5 Å². The largest absolute Gasteiger partial charge is 0.387 e. The first-order valence-electron chi connectivity index (χ1n) is 5.61. The number of anilines is 1. The summed E-state index contributed by atoms with van der Waals surface area (Å²) in [4.78, 5) is 25.9. The average Bonchev–Trinajstić information content (AvgIpc) is 2.31. The van der Waals surface area contributed by atoms with Gasteiger partial charge in [0.2, 0.25) is 0 Å². The lowest BCUT2D eigenvalue weighted by molar-refractivity contribution is 0.1000. The van der Waals surface area contributed by atoms with E-state index in [0.29, 0.717) is 11.2 Å². The van der Waals surface area contributed by atoms with Crippen LogP contribution in [0, 0.1) is 13.8 Å². The number of rotatable bonds is 2. The van der Waals surface area contributed by atoms with E-state index in [2.05, 4.69) is 10.3 Å². The first-order valence-corrected chi connectivity index (χ1v) is 5.61. The van der Waals surface area contributed by atoms with Gasteiger partial charge in [-0.15, -0.1) is 0 Å². The molecule has 0 bridgehead atoms. The van der Waals surface area contributed by atoms with E-state index < -0.39 is 11.5 Å². The number of carbonyl (C=O) groups is 1. The quantitative estimate of drug-likeness (QED) is 0.744. The molecule has 0 fully saturated rings. The Kier molecular flexibility index (Phi) is 2.82. The first kappa shape index (κ1) is 12.2. The van der Waals surface area contributed by atoms with Crippen molar-refractivity contribution in [3.05, 3.63) is 39.2 Å². The van der Waals surface area contributed by atoms with Crippen molar-refractivity contribution in [1.82, 2.24) is 4.98 Å². The van der Waals surface area contributed by atoms with Crippen molar-refractivity contribution in [2.24, 2.45) is 5.73 Å². The van der Waals surface area contributed by atoms with Gasteiger partial charge in [0.25, 0.3) is 11.5 Å². The van der Waals surface area contributed by atoms with Gasteiger partial charge in [-0.25, -0.2) is 0 Å². The molecule has 1 heterocycles. The fourth-order valence-corrected chi connectivity index (χ4v) is 2.15. The zero-order chi connectivity index (χ0) is 13.4. The number of nitrogens with two attached hydrogens (primary N) is 1. The maximum atomic E-state index is 11.9. The molecule has 18 heavy (non-hydrogen) atoms. The van der Waals surface area contributed by atoms with Crippen LogP contribution in [0.2, 0.25) is 0 Å². The van der Waals surface area contributed by atoms with Crippen LogP contribution in [-0.4, -0.2) is 17.9 Å². The predicted octanol–water partition coefficient (Wildman–Crippen LogP) is 1.29. The van der Waals surface area contributed by atoms with Crippen molar-refractivity contribution >= 4 is 22.5 Å². The molecule has 4 N–H and O–H groups in total. The normalized spacial score (nSPS) is 10.6. The van der Waals surface area contributed by atoms with Crippen LogP contribution in [0.3, 0.4) is 0 Å². The molecule has 1 aromatic carbocycles. The number of fused-ring (bicyclic) bond motifs is 1. The Bertz CT molecular complexity index is 701. The Balaban J connectivity index is 3.06. The molecule has 0 saturated carbocycles. The molecule has 94 valence electrons. The van der Waals surface area contributed by atoms with Crippen LogP contribution >= 0.6 is 0 Å². The van der Waals surface area contributed by atoms with E-state index in [-0.39, 0.29) is 5.56 Å². The summed E-state index contributed by atoms with van der Waals surface area (Å²) in [5.41, 5.74) is 8.05. The second-order valence-corrected chi connectivity index (χ2v) is 4.25. The summed E-state index contributed by atoms with van der Waals surface area (Å²) >= 11 is 0. The Labute approximate surface area is 104 Å². The molecule has 2 aromatic rings. The van der Waals surface area contributed by atoms with E-state index in [9.17, 15) is 9.59 Å². The predicted molar refractivity (Wildman–Crippen MR) is 72.1 cm³/mol. The summed E-state index contributed by atoms with van der Waals surface area (Å²) in [5, 5.41) is 3.73. The number of pyridine rings is 1. The van der Waals surface area contributed by atoms with Crippen LogP contribution in [0.15, 0.2) is 16.9 Å². The van der Waals surface area contributed by atoms with E-state index in [1.807, 2.05) is 26.0 Å². The highest BCUT2D eigenvalue weighted by Crippen LogP contribution is 2.28. The van der Waals surface area contributed by atoms with Crippen LogP contribution in [0.5, 0.6) is 0 Å². The molecule has 0 radical (unpaired) electrons. The zero-order valence-corrected chi connectivity index (χ0v) is 10.5. The molecule has 0 atom stereocenters. The van der Waals surface area contributed by atoms with Crippen LogP contribution in [0.4, 0.5) is 5.69 Å². The van der Waals surface area contributed by atoms with Gasteiger partial charge in [-0.3, -0.25) is 9.59 Å². The van der Waals surface area contributed by atoms with Crippen LogP contribution in [-0.2, 0) is 0 Å². The van der Waals surface area contributed by atoms with Gasteiger partial charge in [0.1, 0.15) is 5.56 Å². The van der Waals surface area contributed by atoms with Crippen LogP contribution in [0.25, 0.3) is 10.9 Å². The molecule has 0 aliphatic rings. The van der Waals surface area contributed by atoms with Gasteiger partial charge in [0.05, 0.1) is 11.2 Å². The number of benzene rings is 1. The molecule has 0 saturated heterocycles. The number of aromatic amines is 1. The number of amides is 1. The molecular formula is C13H15N3O2. The van der Waals surface area contributed by atoms with Gasteiger partial charge in [-0.2, -0.15) is 0 Å². The minimum atomic E-state index is -0.733. The highest BCUT2D eigenvalue weighted by Gasteiger charge is 2.17. The Morgan fingerprint density at radius 1 is 1.33 bits per heavy atom. The molecule has 5 nitrogen and oxygen atoms in total. The maximum absolute atomic E-state index is 11.9. The summed E-state index contributed by atoms with van der Waals surface area (Å²) in [5.74, 6) is -0.733. The van der Waals surface area contributed by atoms with Gasteiger partial charge >= 0.3 is 0 Å². The number of aromatic nitrogens is 1. The zero-order valence-electron chi connectivity index (χ0n) is 10.5. The third-order valence-electron chi connectivity index (χ3n) is 3.21. The Morgan fingerprint density at radius 3 is 2.56 bits per heavy atom. The fourth-order valence-electron chi connectivity index (χ4n) is 2.15. The Hall–Kier alpha value is -2.30. The number of H-pyrrole nitrogens is 1. The monoisotopic (exact) mass is 245 g/mol. The summed E-state index contributed by atoms with van der Waals surface area (Å²) in [6.07, 6.45) is 0. The second-order valence-electron chi connectivity index (χ2n) is 4.25. The van der Waals surface area contributed by atoms with Crippen LogP contribution in [0.1, 0.15) is 21.5 Å². The standard InChI is InChI=1S/C13H15N3O2/c1-6-4-5-8-9(7(6)2)11(15-3)10(12(14)17)13(18)16-8/h4-5H,1-3H3,(H2,14,17)(H2,15,16,18). The lowest BCUT2D eigenvalue weighted by atomic mass is 10.0. The maximum Gasteiger partial charge on any atom is 0.263 e. The summed E-state index contributed by atoms with van der Waals surface area (Å²) < 4.78 is 0. The highest BCUT2D eigenvalue weighted by atomic mass is 16.2. The number of aryl methyl sites for hydroxylation is 2. The summed E-state index contributed by atoms with van der Waals surface area (Å²) in [6, 6.07) is 3.75. The number of hydrogen-bond donors (Lipinski definition) is 3. The van der Waals surface area contributed by atoms with Gasteiger partial charge in [0, 0.05) is 12.4 Å². The lowest BCUT2D eigenvalue weighted by Gasteiger charge is -2.13. The highest BCUT2D eigenvalue weighted by molar-refractivity contribution is 6.07. The number of carbonyl (C=O) groups excluding carboxylic acids is 1. The smallest absolute Gasteiger partial charge is 0.263 e. The van der Waals surface area contributed by atoms with E-state index >= 15 is 0 Å². The molecule has 2 rings (SSSR count). The number of nitrogens with one attached hydrogen (secondary N) is 2. The molecule has 0 unspecified atom stereocenters. The molecule has 1 aromatic heterocycles. The molecule has 5 heteroatoms. The molecular weight excluding hydrogens is 230 g/mol. The van der Waals surface area contributed by atoms with Crippen molar-refractivity contribution in [2.75, 3.05) is 12.4 Å². The van der Waals surface area contributed by atoms with Gasteiger partial charge in [-0.1, -0.05) is 6.07 Å². The van der Waals surface area contributed by atoms with Gasteiger partial charge in [0.15, 0.2) is 0 Å². The second kappa shape index (κ2) is 4.18. The average molecular weight is 245 g/mol. The van der Waals surface area contributed by atoms with E-state index in [1.165, 1.54) is 0 Å². The van der Waals surface area contributed by atoms with Crippen LogP contribution < -0.4 is 16.6 Å². The number of primary amides is 1. The third-order valence-corrected chi connectivity index (χ3v) is 3.21. The minimum Gasteiger partial charge on any atom is -0.387 e. The van der Waals surface area contributed by atoms with E-state index in [4.69, 9.17) is 5.73 Å². The van der Waals surface area contributed by atoms with E-state index in [1.54, 1.807) is 7.05 Å². The first-order chi connectivity index (χ1) is 8.47. The van der Waals surface area contributed by atoms with Crippen molar-refractivity contribution in [1.29, 1.82) is 0 Å². The molecule has 0 spiro atoms. The fraction of sp³-hybridized carbons (Fsp3) is 0.231. The molecule has 0 aliphatic heterocycles. The van der Waals surface area contributed by atoms with Crippen molar-refractivity contribution in [3.8, 4) is 0 Å². The van der Waals surface area contributed by atoms with Gasteiger partial charge in [-0.05, 0) is 31.0 Å². The van der Waals surface area contributed by atoms with Crippen molar-refractivity contribution in [3.63, 3.8) is 0 Å². The molecule has 1 amide bonds. The van der Waals surface area contributed by atoms with Crippen molar-refractivity contribution < 1.29 is 4.79 Å². The van der Waals surface area contributed by atoms with Gasteiger partial charge < -0.3 is 16.0 Å². The summed E-state index contributed by atoms with van der Waals surface area (Å²) in [6.45, 7) is 3.92.